The SMILES string of the molecule is CC.COC(=O)c1cc(C2CC2)cnc1Nc1ccc2[nH]ccc2c1.O=C(O)c1cc(C2CC2)cnc1Nc1ccc2c(ccn2Cc2cc(F)cc(F)c2)c1. The van der Waals surface area contributed by atoms with Crippen LogP contribution in [0.5, 0.6) is 0 Å². The summed E-state index contributed by atoms with van der Waals surface area (Å²) in [6.45, 7) is 4.33. The zero-order chi connectivity index (χ0) is 39.3. The number of carboxylic acids is 1. The predicted molar refractivity (Wildman–Crippen MR) is 214 cm³/mol. The van der Waals surface area contributed by atoms with Crippen molar-refractivity contribution >= 4 is 56.8 Å². The molecule has 4 heterocycles. The number of nitrogens with zero attached hydrogens (tertiary/aromatic N) is 3. The molecule has 0 unspecified atom stereocenters. The highest BCUT2D eigenvalue weighted by molar-refractivity contribution is 5.96. The maximum Gasteiger partial charge on any atom is 0.341 e. The largest absolute Gasteiger partial charge is 0.478 e. The Morgan fingerprint density at radius 3 is 1.98 bits per heavy atom. The van der Waals surface area contributed by atoms with Crippen LogP contribution in [-0.4, -0.2) is 43.7 Å². The van der Waals surface area contributed by atoms with Crippen LogP contribution in [0.25, 0.3) is 21.8 Å². The molecule has 0 bridgehead atoms. The van der Waals surface area contributed by atoms with Crippen molar-refractivity contribution in [1.29, 1.82) is 0 Å². The van der Waals surface area contributed by atoms with Crippen LogP contribution < -0.4 is 10.6 Å². The van der Waals surface area contributed by atoms with Crippen LogP contribution >= 0.6 is 0 Å². The summed E-state index contributed by atoms with van der Waals surface area (Å²) in [6, 6.07) is 22.5. The minimum atomic E-state index is -1.02. The van der Waals surface area contributed by atoms with Crippen molar-refractivity contribution in [3.8, 4) is 0 Å². The van der Waals surface area contributed by atoms with Crippen LogP contribution in [0.2, 0.25) is 0 Å². The minimum absolute atomic E-state index is 0.148. The molecule has 2 saturated carbocycles. The molecule has 10 nitrogen and oxygen atoms in total. The Bertz CT molecular complexity index is 2520. The summed E-state index contributed by atoms with van der Waals surface area (Å²) in [5.74, 6) is -0.822. The quantitative estimate of drug-likeness (QED) is 0.101. The van der Waals surface area contributed by atoms with Gasteiger partial charge in [0.15, 0.2) is 0 Å². The molecule has 2 aliphatic carbocycles. The molecule has 3 aromatic carbocycles. The Morgan fingerprint density at radius 1 is 0.786 bits per heavy atom. The fourth-order valence-electron chi connectivity index (χ4n) is 6.59. The van der Waals surface area contributed by atoms with Crippen molar-refractivity contribution in [3.05, 3.63) is 143 Å². The summed E-state index contributed by atoms with van der Waals surface area (Å²) in [5, 5.41) is 17.9. The number of aromatic carboxylic acids is 1. The molecule has 4 N–H and O–H groups in total. The van der Waals surface area contributed by atoms with Gasteiger partial charge in [0.25, 0.3) is 0 Å². The zero-order valence-electron chi connectivity index (χ0n) is 31.3. The van der Waals surface area contributed by atoms with Gasteiger partial charge in [0.1, 0.15) is 34.4 Å². The predicted octanol–water partition coefficient (Wildman–Crippen LogP) is 10.7. The van der Waals surface area contributed by atoms with Gasteiger partial charge in [-0.15, -0.1) is 0 Å². The van der Waals surface area contributed by atoms with E-state index in [0.29, 0.717) is 46.8 Å². The highest BCUT2D eigenvalue weighted by Gasteiger charge is 2.27. The molecule has 0 amide bonds. The molecule has 286 valence electrons. The van der Waals surface area contributed by atoms with Crippen LogP contribution in [0.1, 0.15) is 88.8 Å². The Balaban J connectivity index is 0.000000171. The summed E-state index contributed by atoms with van der Waals surface area (Å²) >= 11 is 0. The molecule has 2 aliphatic rings. The molecule has 0 atom stereocenters. The van der Waals surface area contributed by atoms with E-state index in [-0.39, 0.29) is 11.5 Å². The number of ether oxygens (including phenoxy) is 1. The number of benzene rings is 3. The van der Waals surface area contributed by atoms with Gasteiger partial charge in [-0.25, -0.2) is 28.3 Å². The Hall–Kier alpha value is -6.56. The molecular formula is C44H42F2N6O4. The Labute approximate surface area is 322 Å². The summed E-state index contributed by atoms with van der Waals surface area (Å²) < 4.78 is 33.8. The second kappa shape index (κ2) is 16.4. The van der Waals surface area contributed by atoms with Crippen molar-refractivity contribution < 1.29 is 28.2 Å². The number of fused-ring (bicyclic) bond motifs is 2. The van der Waals surface area contributed by atoms with Crippen molar-refractivity contribution in [2.75, 3.05) is 17.7 Å². The van der Waals surface area contributed by atoms with Gasteiger partial charge in [0, 0.05) is 70.6 Å². The lowest BCUT2D eigenvalue weighted by Gasteiger charge is -2.11. The van der Waals surface area contributed by atoms with Crippen LogP contribution in [0.15, 0.2) is 104 Å². The summed E-state index contributed by atoms with van der Waals surface area (Å²) in [6.07, 6.45) is 11.8. The number of esters is 1. The lowest BCUT2D eigenvalue weighted by molar-refractivity contribution is 0.0600. The number of hydrogen-bond donors (Lipinski definition) is 4. The van der Waals surface area contributed by atoms with Gasteiger partial charge in [0.05, 0.1) is 7.11 Å². The maximum absolute atomic E-state index is 13.5. The first-order chi connectivity index (χ1) is 27.2. The number of carboxylic acid groups (broad SMARTS) is 1. The number of aromatic amines is 1. The summed E-state index contributed by atoms with van der Waals surface area (Å²) in [4.78, 5) is 35.7. The van der Waals surface area contributed by atoms with Crippen LogP contribution in [-0.2, 0) is 11.3 Å². The van der Waals surface area contributed by atoms with Gasteiger partial charge < -0.3 is 30.0 Å². The van der Waals surface area contributed by atoms with Gasteiger partial charge in [-0.2, -0.15) is 0 Å². The number of methoxy groups -OCH3 is 1. The second-order valence-corrected chi connectivity index (χ2v) is 13.7. The Kier molecular flexibility index (Phi) is 11.1. The van der Waals surface area contributed by atoms with Gasteiger partial charge in [-0.05, 0) is 127 Å². The highest BCUT2D eigenvalue weighted by atomic mass is 19.1. The third kappa shape index (κ3) is 8.70. The van der Waals surface area contributed by atoms with E-state index < -0.39 is 17.6 Å². The van der Waals surface area contributed by atoms with Crippen molar-refractivity contribution in [3.63, 3.8) is 0 Å². The minimum Gasteiger partial charge on any atom is -0.478 e. The van der Waals surface area contributed by atoms with E-state index >= 15 is 0 Å². The summed E-state index contributed by atoms with van der Waals surface area (Å²) in [5.41, 5.74) is 6.78. The summed E-state index contributed by atoms with van der Waals surface area (Å²) in [7, 11) is 1.39. The van der Waals surface area contributed by atoms with Crippen molar-refractivity contribution in [2.24, 2.45) is 0 Å². The number of rotatable bonds is 10. The number of carbonyl (C=O) groups is 2. The van der Waals surface area contributed by atoms with Crippen molar-refractivity contribution in [1.82, 2.24) is 19.5 Å². The van der Waals surface area contributed by atoms with E-state index in [1.165, 1.54) is 32.1 Å². The highest BCUT2D eigenvalue weighted by Crippen LogP contribution is 2.41. The number of anilines is 4. The molecule has 4 aromatic heterocycles. The molecule has 2 fully saturated rings. The van der Waals surface area contributed by atoms with Gasteiger partial charge in [-0.1, -0.05) is 13.8 Å². The molecular weight excluding hydrogens is 715 g/mol. The molecule has 12 heteroatoms. The fourth-order valence-corrected chi connectivity index (χ4v) is 6.59. The Morgan fingerprint density at radius 2 is 1.38 bits per heavy atom. The van der Waals surface area contributed by atoms with E-state index in [1.807, 2.05) is 91.6 Å². The molecule has 7 aromatic rings. The molecule has 56 heavy (non-hydrogen) atoms. The van der Waals surface area contributed by atoms with Gasteiger partial charge in [-0.3, -0.25) is 0 Å². The average Bonchev–Trinajstić information content (AvgIpc) is 4.14. The number of H-pyrrole nitrogens is 1. The van der Waals surface area contributed by atoms with Crippen LogP contribution in [0.4, 0.5) is 31.8 Å². The number of halogens is 2. The van der Waals surface area contributed by atoms with Gasteiger partial charge >= 0.3 is 11.9 Å². The van der Waals surface area contributed by atoms with E-state index in [9.17, 15) is 23.5 Å². The molecule has 0 aliphatic heterocycles. The fraction of sp³-hybridized carbons (Fsp3) is 0.227. The topological polar surface area (TPSA) is 134 Å². The monoisotopic (exact) mass is 756 g/mol. The molecule has 0 radical (unpaired) electrons. The number of nitrogens with one attached hydrogen (secondary N) is 3. The maximum atomic E-state index is 13.5. The lowest BCUT2D eigenvalue weighted by Crippen LogP contribution is -2.08. The zero-order valence-corrected chi connectivity index (χ0v) is 31.3. The normalized spacial score (nSPS) is 13.3. The third-order valence-electron chi connectivity index (χ3n) is 9.68. The molecule has 0 saturated heterocycles. The molecule has 9 rings (SSSR count). The van der Waals surface area contributed by atoms with Crippen LogP contribution in [0.3, 0.4) is 0 Å². The van der Waals surface area contributed by atoms with E-state index in [0.717, 1.165) is 57.5 Å². The van der Waals surface area contributed by atoms with E-state index in [2.05, 4.69) is 25.6 Å². The number of aromatic nitrogens is 4. The first kappa shape index (κ1) is 37.7. The first-order valence-corrected chi connectivity index (χ1v) is 18.7. The van der Waals surface area contributed by atoms with Crippen molar-refractivity contribution in [2.45, 2.75) is 57.9 Å². The van der Waals surface area contributed by atoms with E-state index in [1.54, 1.807) is 12.3 Å². The van der Waals surface area contributed by atoms with Gasteiger partial charge in [0.2, 0.25) is 0 Å². The number of carbonyl (C=O) groups excluding carboxylic acids is 1. The second-order valence-electron chi connectivity index (χ2n) is 13.7. The van der Waals surface area contributed by atoms with Crippen LogP contribution in [0, 0.1) is 11.6 Å². The number of hydrogen-bond acceptors (Lipinski definition) is 7. The average molecular weight is 757 g/mol. The third-order valence-corrected chi connectivity index (χ3v) is 9.68. The lowest BCUT2D eigenvalue weighted by atomic mass is 10.1. The smallest absolute Gasteiger partial charge is 0.341 e. The standard InChI is InChI=1S/C24H19F2N3O2.C18H17N3O2.C2H6/c25-18-7-14(8-19(26)11-18)13-29-6-5-16-9-20(3-4-22(16)29)28-23-21(24(30)31)10-17(12-27-23)15-1-2-15;1-23-18(22)15-9-13(11-2-3-11)10-20-17(15)21-14-4-5-16-12(8-14)6-7-19-16;1-2/h3-12,15H,1-2,13H2,(H,27,28)(H,30,31);4-11,19H,2-3H2,1H3,(H,20,21);1-2H3. The first-order valence-electron chi connectivity index (χ1n) is 18.7. The van der Waals surface area contributed by atoms with E-state index in [4.69, 9.17) is 4.74 Å². The number of pyridine rings is 2. The molecule has 0 spiro atoms.